The van der Waals surface area contributed by atoms with Crippen molar-refractivity contribution >= 4 is 109 Å². The van der Waals surface area contributed by atoms with Gasteiger partial charge in [0.2, 0.25) is 0 Å². The van der Waals surface area contributed by atoms with Crippen molar-refractivity contribution in [3.8, 4) is 39.6 Å². The molecule has 5 nitrogen and oxygen atoms in total. The first-order chi connectivity index (χ1) is 38.2. The average molecular weight is 980 g/mol. The van der Waals surface area contributed by atoms with Crippen LogP contribution in [0.5, 0.6) is 0 Å². The van der Waals surface area contributed by atoms with E-state index in [-0.39, 0.29) is 0 Å². The van der Waals surface area contributed by atoms with E-state index >= 15 is 0 Å². The van der Waals surface area contributed by atoms with Gasteiger partial charge in [-0.25, -0.2) is 0 Å². The summed E-state index contributed by atoms with van der Waals surface area (Å²) >= 11 is 0. The van der Waals surface area contributed by atoms with Crippen molar-refractivity contribution in [3.63, 3.8) is 0 Å². The highest BCUT2D eigenvalue weighted by Crippen LogP contribution is 2.45. The Labute approximate surface area is 442 Å². The Morgan fingerprint density at radius 1 is 0.169 bits per heavy atom. The Bertz CT molecular complexity index is 5110. The van der Waals surface area contributed by atoms with Crippen LogP contribution in [0.15, 0.2) is 273 Å². The zero-order valence-corrected chi connectivity index (χ0v) is 41.7. The SMILES string of the molecule is c1ccc(-c2ccc3c(c2)c2cc(-n4c5ccccc5c5ccccc54)cc(-n4c5ccccc5c5ccccc54)c2n3-c2ccc3c(c2)c2ccccc2n3-c2ccc(-n3c4ccccc4c4ccccc43)cc2)cc1. The van der Waals surface area contributed by atoms with E-state index < -0.39 is 0 Å². The Kier molecular flexibility index (Phi) is 8.77. The maximum atomic E-state index is 2.54. The highest BCUT2D eigenvalue weighted by Gasteiger charge is 2.25. The molecular weight excluding hydrogens is 935 g/mol. The molecule has 12 aromatic carbocycles. The number of nitrogens with zero attached hydrogens (tertiary/aromatic N) is 5. The fraction of sp³-hybridized carbons (Fsp3) is 0. The molecule has 0 saturated heterocycles. The van der Waals surface area contributed by atoms with Crippen molar-refractivity contribution < 1.29 is 0 Å². The molecule has 0 spiro atoms. The molecule has 0 aliphatic rings. The number of rotatable bonds is 6. The summed E-state index contributed by atoms with van der Waals surface area (Å²) in [5.74, 6) is 0. The van der Waals surface area contributed by atoms with Crippen LogP contribution in [0.4, 0.5) is 0 Å². The Balaban J connectivity index is 0.951. The minimum atomic E-state index is 1.10. The van der Waals surface area contributed by atoms with Crippen LogP contribution >= 0.6 is 0 Å². The second-order valence-electron chi connectivity index (χ2n) is 20.5. The Hall–Kier alpha value is -10.4. The van der Waals surface area contributed by atoms with Gasteiger partial charge in [-0.05, 0) is 120 Å². The van der Waals surface area contributed by atoms with Gasteiger partial charge in [0.05, 0.1) is 60.9 Å². The molecule has 5 aromatic heterocycles. The first kappa shape index (κ1) is 42.0. The van der Waals surface area contributed by atoms with Gasteiger partial charge in [-0.2, -0.15) is 0 Å². The summed E-state index contributed by atoms with van der Waals surface area (Å²) in [5.41, 5.74) is 19.6. The molecular formula is C72H45N5. The van der Waals surface area contributed by atoms with E-state index in [2.05, 4.69) is 296 Å². The van der Waals surface area contributed by atoms with Gasteiger partial charge in [0, 0.05) is 76.6 Å². The maximum absolute atomic E-state index is 2.54. The quantitative estimate of drug-likeness (QED) is 0.159. The van der Waals surface area contributed by atoms with E-state index in [1.165, 1.54) is 104 Å². The third-order valence-electron chi connectivity index (χ3n) is 16.5. The van der Waals surface area contributed by atoms with Crippen molar-refractivity contribution in [2.24, 2.45) is 0 Å². The lowest BCUT2D eigenvalue weighted by Gasteiger charge is -2.17. The first-order valence-corrected chi connectivity index (χ1v) is 26.5. The van der Waals surface area contributed by atoms with E-state index in [0.29, 0.717) is 0 Å². The summed E-state index contributed by atoms with van der Waals surface area (Å²) in [6.07, 6.45) is 0. The number of aromatic nitrogens is 5. The number of fused-ring (bicyclic) bond motifs is 15. The van der Waals surface area contributed by atoms with Gasteiger partial charge in [-0.3, -0.25) is 0 Å². The molecule has 358 valence electrons. The van der Waals surface area contributed by atoms with E-state index in [0.717, 1.165) is 45.0 Å². The molecule has 0 radical (unpaired) electrons. The number of hydrogen-bond acceptors (Lipinski definition) is 0. The number of para-hydroxylation sites is 7. The molecule has 0 fully saturated rings. The van der Waals surface area contributed by atoms with Gasteiger partial charge in [0.25, 0.3) is 0 Å². The van der Waals surface area contributed by atoms with Gasteiger partial charge in [-0.1, -0.05) is 164 Å². The van der Waals surface area contributed by atoms with E-state index in [9.17, 15) is 0 Å². The van der Waals surface area contributed by atoms with Crippen molar-refractivity contribution in [1.82, 2.24) is 22.8 Å². The smallest absolute Gasteiger partial charge is 0.0784 e. The second kappa shape index (κ2) is 16.1. The molecule has 77 heavy (non-hydrogen) atoms. The topological polar surface area (TPSA) is 24.6 Å². The molecule has 0 atom stereocenters. The molecule has 5 heterocycles. The third-order valence-corrected chi connectivity index (χ3v) is 16.5. The maximum Gasteiger partial charge on any atom is 0.0784 e. The third kappa shape index (κ3) is 5.99. The summed E-state index contributed by atoms with van der Waals surface area (Å²) in [4.78, 5) is 0. The van der Waals surface area contributed by atoms with Crippen LogP contribution in [-0.2, 0) is 0 Å². The van der Waals surface area contributed by atoms with Crippen LogP contribution in [0.1, 0.15) is 0 Å². The molecule has 0 aliphatic carbocycles. The zero-order chi connectivity index (χ0) is 50.3. The lowest BCUT2D eigenvalue weighted by atomic mass is 10.0. The molecule has 5 heteroatoms. The molecule has 17 aromatic rings. The first-order valence-electron chi connectivity index (χ1n) is 26.5. The minimum absolute atomic E-state index is 1.10. The predicted molar refractivity (Wildman–Crippen MR) is 324 cm³/mol. The number of benzene rings is 12. The molecule has 0 aliphatic heterocycles. The van der Waals surface area contributed by atoms with Gasteiger partial charge in [-0.15, -0.1) is 0 Å². The summed E-state index contributed by atoms with van der Waals surface area (Å²) in [7, 11) is 0. The summed E-state index contributed by atoms with van der Waals surface area (Å²) < 4.78 is 12.4. The van der Waals surface area contributed by atoms with E-state index in [1.807, 2.05) is 0 Å². The lowest BCUT2D eigenvalue weighted by molar-refractivity contribution is 1.11. The fourth-order valence-electron chi connectivity index (χ4n) is 13.2. The fourth-order valence-corrected chi connectivity index (χ4v) is 13.2. The van der Waals surface area contributed by atoms with Crippen molar-refractivity contribution in [2.75, 3.05) is 0 Å². The normalized spacial score (nSPS) is 12.2. The van der Waals surface area contributed by atoms with Crippen LogP contribution in [-0.4, -0.2) is 22.8 Å². The minimum Gasteiger partial charge on any atom is -0.309 e. The predicted octanol–water partition coefficient (Wildman–Crippen LogP) is 18.8. The standard InChI is InChI=1S/C72H45N5/c1-2-18-46(19-3-1)47-34-40-70-59(42-47)61-44-51(75-64-29-13-6-22-54(64)55-23-7-14-30-65(55)75)45-71(77-67-32-16-8-24-56(67)57-25-9-17-33-68(57)77)72(61)76(70)50-39-41-69-60(43-50)58-26-10-15-31-66(58)74(69)49-37-35-48(36-38-49)73-62-27-11-4-20-52(62)53-21-5-12-28-63(53)73/h1-45H. The van der Waals surface area contributed by atoms with Gasteiger partial charge >= 0.3 is 0 Å². The Morgan fingerprint density at radius 3 is 0.961 bits per heavy atom. The van der Waals surface area contributed by atoms with Crippen LogP contribution in [0.25, 0.3) is 149 Å². The van der Waals surface area contributed by atoms with Crippen LogP contribution in [0, 0.1) is 0 Å². The molecule has 0 saturated carbocycles. The Morgan fingerprint density at radius 2 is 0.494 bits per heavy atom. The monoisotopic (exact) mass is 979 g/mol. The van der Waals surface area contributed by atoms with Crippen molar-refractivity contribution in [1.29, 1.82) is 0 Å². The average Bonchev–Trinajstić information content (AvgIpc) is 4.36. The number of hydrogen-bond donors (Lipinski definition) is 0. The summed E-state index contributed by atoms with van der Waals surface area (Å²) in [6.45, 7) is 0. The molecule has 0 unspecified atom stereocenters. The van der Waals surface area contributed by atoms with Crippen LogP contribution < -0.4 is 0 Å². The van der Waals surface area contributed by atoms with E-state index in [4.69, 9.17) is 0 Å². The molecule has 0 N–H and O–H groups in total. The molecule has 17 rings (SSSR count). The molecule has 0 bridgehead atoms. The summed E-state index contributed by atoms with van der Waals surface area (Å²) in [6, 6.07) is 101. The van der Waals surface area contributed by atoms with Crippen LogP contribution in [0.3, 0.4) is 0 Å². The highest BCUT2D eigenvalue weighted by molar-refractivity contribution is 6.18. The summed E-state index contributed by atoms with van der Waals surface area (Å²) in [5, 5.41) is 12.2. The van der Waals surface area contributed by atoms with Crippen molar-refractivity contribution in [3.05, 3.63) is 273 Å². The van der Waals surface area contributed by atoms with E-state index in [1.54, 1.807) is 0 Å². The van der Waals surface area contributed by atoms with Crippen LogP contribution in [0.2, 0.25) is 0 Å². The second-order valence-corrected chi connectivity index (χ2v) is 20.5. The van der Waals surface area contributed by atoms with Crippen molar-refractivity contribution in [2.45, 2.75) is 0 Å². The highest BCUT2D eigenvalue weighted by atomic mass is 15.1. The molecule has 0 amide bonds. The lowest BCUT2D eigenvalue weighted by Crippen LogP contribution is -2.03. The van der Waals surface area contributed by atoms with Gasteiger partial charge in [0.15, 0.2) is 0 Å². The zero-order valence-electron chi connectivity index (χ0n) is 41.7. The van der Waals surface area contributed by atoms with Gasteiger partial charge < -0.3 is 22.8 Å². The van der Waals surface area contributed by atoms with Gasteiger partial charge in [0.1, 0.15) is 0 Å². The largest absolute Gasteiger partial charge is 0.309 e.